The van der Waals surface area contributed by atoms with E-state index in [0.29, 0.717) is 12.2 Å². The highest BCUT2D eigenvalue weighted by Crippen LogP contribution is 2.30. The maximum atomic E-state index is 14.7. The van der Waals surface area contributed by atoms with Crippen molar-refractivity contribution in [2.24, 2.45) is 0 Å². The molecule has 0 fully saturated rings. The molecular formula is C18H19FN4O. The zero-order valence-corrected chi connectivity index (χ0v) is 13.7. The quantitative estimate of drug-likeness (QED) is 0.726. The number of carbonyl (C=O) groups is 1. The van der Waals surface area contributed by atoms with E-state index in [1.165, 1.54) is 4.40 Å². The number of aromatic nitrogens is 3. The Bertz CT molecular complexity index is 926. The van der Waals surface area contributed by atoms with Crippen molar-refractivity contribution in [3.63, 3.8) is 0 Å². The first-order valence-corrected chi connectivity index (χ1v) is 8.20. The van der Waals surface area contributed by atoms with Crippen LogP contribution in [-0.4, -0.2) is 31.3 Å². The van der Waals surface area contributed by atoms with Gasteiger partial charge in [-0.1, -0.05) is 13.0 Å². The van der Waals surface area contributed by atoms with E-state index >= 15 is 0 Å². The molecular weight excluding hydrogens is 307 g/mol. The second kappa shape index (κ2) is 5.47. The zero-order valence-electron chi connectivity index (χ0n) is 13.7. The third kappa shape index (κ3) is 2.13. The molecule has 0 saturated heterocycles. The summed E-state index contributed by atoms with van der Waals surface area (Å²) < 4.78 is 18.2. The lowest BCUT2D eigenvalue weighted by Gasteiger charge is -2.36. The van der Waals surface area contributed by atoms with Gasteiger partial charge in [-0.25, -0.2) is 4.98 Å². The normalized spacial score (nSPS) is 17.3. The Kier molecular flexibility index (Phi) is 3.40. The van der Waals surface area contributed by atoms with Crippen molar-refractivity contribution in [2.45, 2.75) is 32.9 Å². The number of amides is 1. The Morgan fingerprint density at radius 3 is 2.96 bits per heavy atom. The highest BCUT2D eigenvalue weighted by atomic mass is 19.1. The number of fused-ring (bicyclic) bond motifs is 2. The lowest BCUT2D eigenvalue weighted by Crippen LogP contribution is -2.42. The van der Waals surface area contributed by atoms with Crippen LogP contribution in [0.2, 0.25) is 0 Å². The molecule has 0 radical (unpaired) electrons. The van der Waals surface area contributed by atoms with Crippen LogP contribution in [0.25, 0.3) is 5.65 Å². The van der Waals surface area contributed by atoms with Crippen LogP contribution in [0.15, 0.2) is 36.7 Å². The Balaban J connectivity index is 1.75. The molecule has 0 saturated carbocycles. The fourth-order valence-electron chi connectivity index (χ4n) is 3.53. The summed E-state index contributed by atoms with van der Waals surface area (Å²) in [4.78, 5) is 19.0. The summed E-state index contributed by atoms with van der Waals surface area (Å²) >= 11 is 0. The molecule has 0 aliphatic carbocycles. The first kappa shape index (κ1) is 14.9. The number of imidazole rings is 1. The standard InChI is InChI=1S/C18H19FN4O/c1-3-13-14-5-4-8-21(14)9-10-22(13)18(24)16-17(19)23-11-12(2)6-7-15(23)20-16/h4-8,11,13H,3,9-10H2,1-2H3/t13-/m1/s1. The van der Waals surface area contributed by atoms with Gasteiger partial charge in [0.05, 0.1) is 6.04 Å². The van der Waals surface area contributed by atoms with E-state index in [1.807, 2.05) is 38.2 Å². The monoisotopic (exact) mass is 326 g/mol. The third-order valence-corrected chi connectivity index (χ3v) is 4.72. The minimum atomic E-state index is -0.588. The second-order valence-electron chi connectivity index (χ2n) is 6.23. The molecule has 0 spiro atoms. The molecule has 5 nitrogen and oxygen atoms in total. The fraction of sp³-hybridized carbons (Fsp3) is 0.333. The molecule has 1 aliphatic heterocycles. The third-order valence-electron chi connectivity index (χ3n) is 4.72. The smallest absolute Gasteiger partial charge is 0.277 e. The van der Waals surface area contributed by atoms with Crippen LogP contribution < -0.4 is 0 Å². The molecule has 6 heteroatoms. The molecule has 3 aromatic heterocycles. The number of pyridine rings is 1. The number of aryl methyl sites for hydroxylation is 1. The van der Waals surface area contributed by atoms with Crippen molar-refractivity contribution < 1.29 is 9.18 Å². The number of carbonyl (C=O) groups excluding carboxylic acids is 1. The Hall–Kier alpha value is -2.63. The molecule has 0 bridgehead atoms. The van der Waals surface area contributed by atoms with Crippen LogP contribution in [0, 0.1) is 12.9 Å². The lowest BCUT2D eigenvalue weighted by molar-refractivity contribution is 0.0607. The maximum Gasteiger partial charge on any atom is 0.277 e. The molecule has 1 atom stereocenters. The van der Waals surface area contributed by atoms with E-state index in [4.69, 9.17) is 0 Å². The molecule has 4 heterocycles. The second-order valence-corrected chi connectivity index (χ2v) is 6.23. The highest BCUT2D eigenvalue weighted by Gasteiger charge is 2.33. The first-order valence-electron chi connectivity index (χ1n) is 8.20. The van der Waals surface area contributed by atoms with E-state index in [9.17, 15) is 9.18 Å². The summed E-state index contributed by atoms with van der Waals surface area (Å²) in [6.07, 6.45) is 4.46. The summed E-state index contributed by atoms with van der Waals surface area (Å²) in [5.74, 6) is -0.928. The van der Waals surface area contributed by atoms with Crippen LogP contribution in [0.5, 0.6) is 0 Å². The van der Waals surface area contributed by atoms with Crippen molar-refractivity contribution in [3.05, 3.63) is 59.6 Å². The minimum absolute atomic E-state index is 0.0489. The SMILES string of the molecule is CC[C@@H]1c2cccn2CCN1C(=O)c1nc2ccc(C)cn2c1F. The molecule has 24 heavy (non-hydrogen) atoms. The van der Waals surface area contributed by atoms with Gasteiger partial charge in [0.25, 0.3) is 5.91 Å². The van der Waals surface area contributed by atoms with E-state index in [2.05, 4.69) is 9.55 Å². The number of hydrogen-bond donors (Lipinski definition) is 0. The summed E-state index contributed by atoms with van der Waals surface area (Å²) in [6, 6.07) is 7.55. The average Bonchev–Trinajstić information content (AvgIpc) is 3.18. The summed E-state index contributed by atoms with van der Waals surface area (Å²) in [6.45, 7) is 5.20. The highest BCUT2D eigenvalue weighted by molar-refractivity contribution is 5.93. The van der Waals surface area contributed by atoms with Gasteiger partial charge in [0.2, 0.25) is 5.95 Å². The predicted molar refractivity (Wildman–Crippen MR) is 88.4 cm³/mol. The summed E-state index contributed by atoms with van der Waals surface area (Å²) in [7, 11) is 0. The molecule has 0 N–H and O–H groups in total. The fourth-order valence-corrected chi connectivity index (χ4v) is 3.53. The number of rotatable bonds is 2. The molecule has 1 amide bonds. The largest absolute Gasteiger partial charge is 0.348 e. The van der Waals surface area contributed by atoms with E-state index in [0.717, 1.165) is 24.2 Å². The summed E-state index contributed by atoms with van der Waals surface area (Å²) in [5, 5.41) is 0. The van der Waals surface area contributed by atoms with Gasteiger partial charge in [0.1, 0.15) is 5.65 Å². The van der Waals surface area contributed by atoms with Gasteiger partial charge in [-0.15, -0.1) is 0 Å². The van der Waals surface area contributed by atoms with Gasteiger partial charge in [-0.2, -0.15) is 4.39 Å². The van der Waals surface area contributed by atoms with Crippen molar-refractivity contribution >= 4 is 11.6 Å². The van der Waals surface area contributed by atoms with E-state index in [-0.39, 0.29) is 17.6 Å². The van der Waals surface area contributed by atoms with Crippen LogP contribution in [0.1, 0.15) is 41.1 Å². The van der Waals surface area contributed by atoms with Gasteiger partial charge < -0.3 is 9.47 Å². The molecule has 124 valence electrons. The van der Waals surface area contributed by atoms with Crippen molar-refractivity contribution in [1.82, 2.24) is 18.9 Å². The lowest BCUT2D eigenvalue weighted by atomic mass is 10.1. The Morgan fingerprint density at radius 1 is 1.33 bits per heavy atom. The molecule has 3 aromatic rings. The van der Waals surface area contributed by atoms with Crippen LogP contribution in [0.3, 0.4) is 0 Å². The Labute approximate surface area is 139 Å². The first-order chi connectivity index (χ1) is 11.6. The molecule has 0 unspecified atom stereocenters. The van der Waals surface area contributed by atoms with Crippen LogP contribution in [0.4, 0.5) is 4.39 Å². The number of nitrogens with zero attached hydrogens (tertiary/aromatic N) is 4. The molecule has 1 aliphatic rings. The van der Waals surface area contributed by atoms with Gasteiger partial charge in [0.15, 0.2) is 5.69 Å². The predicted octanol–water partition coefficient (Wildman–Crippen LogP) is 3.19. The topological polar surface area (TPSA) is 42.5 Å². The van der Waals surface area contributed by atoms with E-state index in [1.54, 1.807) is 17.2 Å². The van der Waals surface area contributed by atoms with Gasteiger partial charge in [-0.3, -0.25) is 9.20 Å². The average molecular weight is 326 g/mol. The van der Waals surface area contributed by atoms with Crippen LogP contribution in [-0.2, 0) is 6.54 Å². The maximum absolute atomic E-state index is 14.7. The van der Waals surface area contributed by atoms with Crippen LogP contribution >= 0.6 is 0 Å². The summed E-state index contributed by atoms with van der Waals surface area (Å²) in [5.41, 5.74) is 2.37. The van der Waals surface area contributed by atoms with Crippen molar-refractivity contribution in [3.8, 4) is 0 Å². The number of halogens is 1. The Morgan fingerprint density at radius 2 is 2.17 bits per heavy atom. The number of hydrogen-bond acceptors (Lipinski definition) is 2. The molecule has 0 aromatic carbocycles. The minimum Gasteiger partial charge on any atom is -0.348 e. The van der Waals surface area contributed by atoms with Gasteiger partial charge in [0, 0.05) is 31.2 Å². The van der Waals surface area contributed by atoms with E-state index < -0.39 is 5.95 Å². The van der Waals surface area contributed by atoms with Gasteiger partial charge in [-0.05, 0) is 37.1 Å². The van der Waals surface area contributed by atoms with Crippen molar-refractivity contribution in [1.29, 1.82) is 0 Å². The zero-order chi connectivity index (χ0) is 16.8. The molecule has 4 rings (SSSR count). The van der Waals surface area contributed by atoms with Crippen molar-refractivity contribution in [2.75, 3.05) is 6.54 Å². The van der Waals surface area contributed by atoms with Gasteiger partial charge >= 0.3 is 0 Å².